The Morgan fingerprint density at radius 1 is 1.25 bits per heavy atom. The highest BCUT2D eigenvalue weighted by Crippen LogP contribution is 2.42. The molecule has 2 aliphatic rings. The van der Waals surface area contributed by atoms with Crippen molar-refractivity contribution in [3.8, 4) is 0 Å². The zero-order chi connectivity index (χ0) is 19.4. The maximum atomic E-state index is 13.1. The number of aryl methyl sites for hydroxylation is 1. The molecule has 2 amide bonds. The number of halogens is 1. The molecule has 2 heterocycles. The van der Waals surface area contributed by atoms with Crippen molar-refractivity contribution in [2.45, 2.75) is 38.3 Å². The lowest BCUT2D eigenvalue weighted by atomic mass is 10.1. The first-order valence-corrected chi connectivity index (χ1v) is 9.77. The highest BCUT2D eigenvalue weighted by Gasteiger charge is 2.47. The maximum Gasteiger partial charge on any atom is 0.253 e. The average molecular weight is 395 g/mol. The van der Waals surface area contributed by atoms with Crippen molar-refractivity contribution in [2.24, 2.45) is 0 Å². The summed E-state index contributed by atoms with van der Waals surface area (Å²) in [5.41, 5.74) is 3.28. The Bertz CT molecular complexity index is 1120. The van der Waals surface area contributed by atoms with Gasteiger partial charge in [0.05, 0.1) is 28.2 Å². The molecule has 1 atom stereocenters. The summed E-state index contributed by atoms with van der Waals surface area (Å²) in [4.78, 5) is 32.3. The molecule has 142 valence electrons. The van der Waals surface area contributed by atoms with Crippen LogP contribution in [0.3, 0.4) is 0 Å². The normalized spacial score (nSPS) is 18.6. The van der Waals surface area contributed by atoms with Crippen molar-refractivity contribution in [3.05, 3.63) is 53.1 Å². The van der Waals surface area contributed by atoms with Gasteiger partial charge in [0.25, 0.3) is 5.91 Å². The standard InChI is InChI=1S/C21H19ClN4O2/c1-12-6-9-15(14(22)10-12)23-19(27)11-18-20(28)25(13-7-8-13)21-24-16-4-2-3-5-17(16)26(18)21/h2-6,9-10,13,18H,7-8,11H2,1H3,(H,23,27)/t18-/m0/s1. The summed E-state index contributed by atoms with van der Waals surface area (Å²) in [6, 6.07) is 12.8. The minimum atomic E-state index is -0.591. The number of aromatic nitrogens is 2. The Hall–Kier alpha value is -2.86. The number of fused-ring (bicyclic) bond motifs is 3. The van der Waals surface area contributed by atoms with Crippen molar-refractivity contribution in [1.29, 1.82) is 0 Å². The molecule has 1 fully saturated rings. The third kappa shape index (κ3) is 2.76. The van der Waals surface area contributed by atoms with Gasteiger partial charge in [-0.3, -0.25) is 19.1 Å². The van der Waals surface area contributed by atoms with Gasteiger partial charge in [-0.05, 0) is 49.6 Å². The topological polar surface area (TPSA) is 67.2 Å². The number of rotatable bonds is 4. The van der Waals surface area contributed by atoms with E-state index in [0.29, 0.717) is 16.7 Å². The number of carbonyl (C=O) groups is 2. The van der Waals surface area contributed by atoms with E-state index in [1.165, 1.54) is 0 Å². The Labute approximate surface area is 167 Å². The van der Waals surface area contributed by atoms with E-state index in [1.807, 2.05) is 41.8 Å². The molecule has 1 aliphatic carbocycles. The van der Waals surface area contributed by atoms with Crippen molar-refractivity contribution >= 4 is 46.1 Å². The van der Waals surface area contributed by atoms with Crippen LogP contribution in [0.5, 0.6) is 0 Å². The monoisotopic (exact) mass is 394 g/mol. The Morgan fingerprint density at radius 3 is 2.79 bits per heavy atom. The Morgan fingerprint density at radius 2 is 2.04 bits per heavy atom. The lowest BCUT2D eigenvalue weighted by molar-refractivity contribution is -0.124. The van der Waals surface area contributed by atoms with Gasteiger partial charge in [-0.1, -0.05) is 29.8 Å². The minimum Gasteiger partial charge on any atom is -0.325 e. The van der Waals surface area contributed by atoms with Crippen LogP contribution >= 0.6 is 11.6 Å². The second-order valence-electron chi connectivity index (χ2n) is 7.46. The molecule has 1 saturated carbocycles. The molecule has 7 heteroatoms. The lowest BCUT2D eigenvalue weighted by Crippen LogP contribution is -2.33. The fraction of sp³-hybridized carbons (Fsp3) is 0.286. The summed E-state index contributed by atoms with van der Waals surface area (Å²) < 4.78 is 1.91. The molecule has 1 aliphatic heterocycles. The van der Waals surface area contributed by atoms with E-state index in [0.717, 1.165) is 29.4 Å². The number of amides is 2. The molecule has 0 bridgehead atoms. The fourth-order valence-corrected chi connectivity index (χ4v) is 4.11. The number of benzene rings is 2. The van der Waals surface area contributed by atoms with Crippen LogP contribution in [0.15, 0.2) is 42.5 Å². The quantitative estimate of drug-likeness (QED) is 0.725. The predicted octanol–water partition coefficient (Wildman–Crippen LogP) is 4.08. The summed E-state index contributed by atoms with van der Waals surface area (Å²) in [6.07, 6.45) is 2.00. The molecule has 28 heavy (non-hydrogen) atoms. The molecule has 0 radical (unpaired) electrons. The zero-order valence-corrected chi connectivity index (χ0v) is 16.1. The van der Waals surface area contributed by atoms with E-state index in [1.54, 1.807) is 17.0 Å². The van der Waals surface area contributed by atoms with E-state index >= 15 is 0 Å². The van der Waals surface area contributed by atoms with Crippen LogP contribution in [-0.4, -0.2) is 27.4 Å². The summed E-state index contributed by atoms with van der Waals surface area (Å²) in [5, 5.41) is 3.33. The average Bonchev–Trinajstić information content (AvgIpc) is 3.37. The van der Waals surface area contributed by atoms with Crippen LogP contribution in [0, 0.1) is 6.92 Å². The smallest absolute Gasteiger partial charge is 0.253 e. The maximum absolute atomic E-state index is 13.1. The number of para-hydroxylation sites is 2. The van der Waals surface area contributed by atoms with Crippen molar-refractivity contribution < 1.29 is 9.59 Å². The van der Waals surface area contributed by atoms with Crippen LogP contribution < -0.4 is 10.2 Å². The number of anilines is 2. The molecule has 0 unspecified atom stereocenters. The number of hydrogen-bond acceptors (Lipinski definition) is 3. The number of carbonyl (C=O) groups excluding carboxylic acids is 2. The Kier molecular flexibility index (Phi) is 3.91. The van der Waals surface area contributed by atoms with E-state index in [9.17, 15) is 9.59 Å². The van der Waals surface area contributed by atoms with Gasteiger partial charge in [0.2, 0.25) is 11.9 Å². The molecule has 2 aromatic carbocycles. The second-order valence-corrected chi connectivity index (χ2v) is 7.87. The largest absolute Gasteiger partial charge is 0.325 e. The first-order valence-electron chi connectivity index (χ1n) is 9.39. The molecule has 0 spiro atoms. The molecular weight excluding hydrogens is 376 g/mol. The van der Waals surface area contributed by atoms with Crippen LogP contribution in [0.1, 0.15) is 30.9 Å². The number of nitrogens with zero attached hydrogens (tertiary/aromatic N) is 3. The fourth-order valence-electron chi connectivity index (χ4n) is 3.83. The van der Waals surface area contributed by atoms with Gasteiger partial charge in [0.15, 0.2) is 0 Å². The SMILES string of the molecule is Cc1ccc(NC(=O)C[C@H]2C(=O)N(C3CC3)c3nc4ccccc4n32)c(Cl)c1. The minimum absolute atomic E-state index is 0.0413. The van der Waals surface area contributed by atoms with E-state index < -0.39 is 6.04 Å². The predicted molar refractivity (Wildman–Crippen MR) is 109 cm³/mol. The van der Waals surface area contributed by atoms with Crippen LogP contribution in [-0.2, 0) is 9.59 Å². The van der Waals surface area contributed by atoms with Crippen LogP contribution in [0.2, 0.25) is 5.02 Å². The molecule has 5 rings (SSSR count). The van der Waals surface area contributed by atoms with Gasteiger partial charge in [-0.25, -0.2) is 4.98 Å². The Balaban J connectivity index is 1.46. The summed E-state index contributed by atoms with van der Waals surface area (Å²) in [6.45, 7) is 1.94. The van der Waals surface area contributed by atoms with E-state index in [-0.39, 0.29) is 24.3 Å². The first kappa shape index (κ1) is 17.3. The van der Waals surface area contributed by atoms with Crippen LogP contribution in [0.25, 0.3) is 11.0 Å². The lowest BCUT2D eigenvalue weighted by Gasteiger charge is -2.15. The van der Waals surface area contributed by atoms with E-state index in [2.05, 4.69) is 10.3 Å². The molecule has 0 saturated heterocycles. The van der Waals surface area contributed by atoms with Gasteiger partial charge >= 0.3 is 0 Å². The number of hydrogen-bond donors (Lipinski definition) is 1. The number of imidazole rings is 1. The van der Waals surface area contributed by atoms with Gasteiger partial charge in [-0.2, -0.15) is 0 Å². The van der Waals surface area contributed by atoms with Crippen LogP contribution in [0.4, 0.5) is 11.6 Å². The molecule has 1 N–H and O–H groups in total. The molecule has 1 aromatic heterocycles. The highest BCUT2D eigenvalue weighted by atomic mass is 35.5. The summed E-state index contributed by atoms with van der Waals surface area (Å²) in [7, 11) is 0. The van der Waals surface area contributed by atoms with E-state index in [4.69, 9.17) is 11.6 Å². The third-order valence-corrected chi connectivity index (χ3v) is 5.63. The second kappa shape index (κ2) is 6.34. The summed E-state index contributed by atoms with van der Waals surface area (Å²) >= 11 is 6.23. The molecule has 6 nitrogen and oxygen atoms in total. The van der Waals surface area contributed by atoms with Gasteiger partial charge in [0.1, 0.15) is 6.04 Å². The van der Waals surface area contributed by atoms with Gasteiger partial charge in [-0.15, -0.1) is 0 Å². The highest BCUT2D eigenvalue weighted by molar-refractivity contribution is 6.33. The van der Waals surface area contributed by atoms with Crippen molar-refractivity contribution in [1.82, 2.24) is 9.55 Å². The first-order chi connectivity index (χ1) is 13.5. The molecular formula is C21H19ClN4O2. The summed E-state index contributed by atoms with van der Waals surface area (Å²) in [5.74, 6) is 0.353. The molecule has 3 aromatic rings. The third-order valence-electron chi connectivity index (χ3n) is 5.32. The van der Waals surface area contributed by atoms with Crippen molar-refractivity contribution in [3.63, 3.8) is 0 Å². The van der Waals surface area contributed by atoms with Gasteiger partial charge in [0, 0.05) is 6.04 Å². The zero-order valence-electron chi connectivity index (χ0n) is 15.4. The van der Waals surface area contributed by atoms with Gasteiger partial charge < -0.3 is 5.32 Å². The van der Waals surface area contributed by atoms with Crippen molar-refractivity contribution in [2.75, 3.05) is 10.2 Å². The number of nitrogens with one attached hydrogen (secondary N) is 1.